The fraction of sp³-hybridized carbons (Fsp3) is 0.933. The fourth-order valence-corrected chi connectivity index (χ4v) is 6.16. The van der Waals surface area contributed by atoms with Crippen molar-refractivity contribution in [3.63, 3.8) is 0 Å². The molecule has 0 spiro atoms. The number of fused-ring (bicyclic) bond motifs is 1. The van der Waals surface area contributed by atoms with Gasteiger partial charge in [0.05, 0.1) is 11.0 Å². The Balaban J connectivity index is 0.00000176. The summed E-state index contributed by atoms with van der Waals surface area (Å²) in [5.74, 6) is 0.989. The minimum Gasteiger partial charge on any atom is -0.342 e. The van der Waals surface area contributed by atoms with Crippen LogP contribution in [0.3, 0.4) is 0 Å². The molecule has 3 rings (SSSR count). The average Bonchev–Trinajstić information content (AvgIpc) is 3.14. The molecule has 3 fully saturated rings. The van der Waals surface area contributed by atoms with Crippen molar-refractivity contribution < 1.29 is 13.2 Å². The summed E-state index contributed by atoms with van der Waals surface area (Å²) >= 11 is 0. The molecule has 22 heavy (non-hydrogen) atoms. The summed E-state index contributed by atoms with van der Waals surface area (Å²) < 4.78 is 24.4. The Morgan fingerprint density at radius 1 is 1.09 bits per heavy atom. The van der Waals surface area contributed by atoms with Crippen LogP contribution in [0.5, 0.6) is 0 Å². The van der Waals surface area contributed by atoms with Gasteiger partial charge in [-0.15, -0.1) is 12.4 Å². The molecular formula is C15H27ClN2O3S. The minimum absolute atomic E-state index is 0. The van der Waals surface area contributed by atoms with Crippen LogP contribution in [-0.2, 0) is 14.6 Å². The van der Waals surface area contributed by atoms with E-state index in [2.05, 4.69) is 0 Å². The van der Waals surface area contributed by atoms with Crippen LogP contribution in [0, 0.1) is 11.8 Å². The highest BCUT2D eigenvalue weighted by Gasteiger charge is 2.42. The lowest BCUT2D eigenvalue weighted by Gasteiger charge is -2.19. The molecule has 0 aromatic rings. The van der Waals surface area contributed by atoms with Gasteiger partial charge in [0.2, 0.25) is 5.91 Å². The Hall–Kier alpha value is -0.330. The van der Waals surface area contributed by atoms with Crippen molar-refractivity contribution in [2.45, 2.75) is 56.2 Å². The monoisotopic (exact) mass is 350 g/mol. The number of rotatable bonds is 4. The maximum absolute atomic E-state index is 12.3. The van der Waals surface area contributed by atoms with E-state index in [4.69, 9.17) is 5.73 Å². The highest BCUT2D eigenvalue weighted by molar-refractivity contribution is 7.92. The highest BCUT2D eigenvalue weighted by atomic mass is 35.5. The summed E-state index contributed by atoms with van der Waals surface area (Å²) in [6.45, 7) is 1.51. The van der Waals surface area contributed by atoms with Crippen molar-refractivity contribution in [2.75, 3.05) is 18.8 Å². The van der Waals surface area contributed by atoms with Crippen LogP contribution >= 0.6 is 12.4 Å². The summed E-state index contributed by atoms with van der Waals surface area (Å²) in [4.78, 5) is 14.1. The Morgan fingerprint density at radius 2 is 1.77 bits per heavy atom. The molecule has 2 N–H and O–H groups in total. The van der Waals surface area contributed by atoms with E-state index in [1.807, 2.05) is 4.90 Å². The van der Waals surface area contributed by atoms with E-state index in [1.165, 1.54) is 0 Å². The predicted octanol–water partition coefficient (Wildman–Crippen LogP) is 1.35. The average molecular weight is 351 g/mol. The maximum Gasteiger partial charge on any atom is 0.223 e. The van der Waals surface area contributed by atoms with E-state index >= 15 is 0 Å². The van der Waals surface area contributed by atoms with Crippen molar-refractivity contribution in [2.24, 2.45) is 17.6 Å². The second-order valence-corrected chi connectivity index (χ2v) is 9.39. The number of nitrogens with zero attached hydrogens (tertiary/aromatic N) is 1. The lowest BCUT2D eigenvalue weighted by Crippen LogP contribution is -2.34. The first kappa shape index (κ1) is 18.0. The van der Waals surface area contributed by atoms with Crippen LogP contribution in [0.15, 0.2) is 0 Å². The van der Waals surface area contributed by atoms with Crippen molar-refractivity contribution in [3.8, 4) is 0 Å². The number of nitrogens with two attached hydrogens (primary N) is 1. The zero-order valence-electron chi connectivity index (χ0n) is 12.9. The minimum atomic E-state index is -3.09. The smallest absolute Gasteiger partial charge is 0.223 e. The topological polar surface area (TPSA) is 80.5 Å². The van der Waals surface area contributed by atoms with Crippen LogP contribution in [0.25, 0.3) is 0 Å². The summed E-state index contributed by atoms with van der Waals surface area (Å²) in [5.41, 5.74) is 6.07. The largest absolute Gasteiger partial charge is 0.342 e. The van der Waals surface area contributed by atoms with Crippen molar-refractivity contribution in [3.05, 3.63) is 0 Å². The number of hydrogen-bond donors (Lipinski definition) is 1. The predicted molar refractivity (Wildman–Crippen MR) is 88.7 cm³/mol. The van der Waals surface area contributed by atoms with E-state index in [-0.39, 0.29) is 41.8 Å². The van der Waals surface area contributed by atoms with Gasteiger partial charge < -0.3 is 10.6 Å². The van der Waals surface area contributed by atoms with Gasteiger partial charge in [-0.1, -0.05) is 12.8 Å². The third-order valence-corrected chi connectivity index (χ3v) is 7.94. The summed E-state index contributed by atoms with van der Waals surface area (Å²) in [5, 5.41) is -0.198. The molecule has 2 aliphatic carbocycles. The van der Waals surface area contributed by atoms with E-state index in [0.29, 0.717) is 11.8 Å². The van der Waals surface area contributed by atoms with Crippen LogP contribution in [0.1, 0.15) is 44.9 Å². The summed E-state index contributed by atoms with van der Waals surface area (Å²) in [6, 6.07) is 0.218. The molecule has 0 aromatic heterocycles. The third-order valence-electron chi connectivity index (χ3n) is 5.68. The standard InChI is InChI=1S/C15H26N2O3S.ClH/c16-14-6-5-11-9-17(10-13(11)14)15(18)7-8-21(19,20)12-3-1-2-4-12;/h11-14H,1-10,16H2;1H. The molecule has 0 radical (unpaired) electrons. The molecule has 3 aliphatic rings. The van der Waals surface area contributed by atoms with Crippen LogP contribution in [-0.4, -0.2) is 49.4 Å². The summed E-state index contributed by atoms with van der Waals surface area (Å²) in [7, 11) is -3.09. The first-order valence-corrected chi connectivity index (χ1v) is 9.94. The van der Waals surface area contributed by atoms with Gasteiger partial charge in [-0.2, -0.15) is 0 Å². The molecule has 128 valence electrons. The molecule has 1 saturated heterocycles. The SMILES string of the molecule is Cl.NC1CCC2CN(C(=O)CCS(=O)(=O)C3CCCC3)CC12. The molecule has 2 saturated carbocycles. The van der Waals surface area contributed by atoms with Gasteiger partial charge in [-0.05, 0) is 37.5 Å². The van der Waals surface area contributed by atoms with Gasteiger partial charge >= 0.3 is 0 Å². The Morgan fingerprint density at radius 3 is 2.41 bits per heavy atom. The Bertz CT molecular complexity index is 505. The number of sulfone groups is 1. The zero-order valence-corrected chi connectivity index (χ0v) is 14.6. The number of likely N-dealkylation sites (tertiary alicyclic amines) is 1. The van der Waals surface area contributed by atoms with Gasteiger partial charge in [0.25, 0.3) is 0 Å². The molecule has 3 atom stereocenters. The molecule has 0 aromatic carbocycles. The van der Waals surface area contributed by atoms with Gasteiger partial charge in [0, 0.05) is 25.6 Å². The first-order valence-electron chi connectivity index (χ1n) is 8.22. The number of amides is 1. The molecule has 1 aliphatic heterocycles. The van der Waals surface area contributed by atoms with Crippen molar-refractivity contribution in [1.29, 1.82) is 0 Å². The van der Waals surface area contributed by atoms with E-state index in [0.717, 1.165) is 51.6 Å². The fourth-order valence-electron chi connectivity index (χ4n) is 4.31. The molecule has 3 unspecified atom stereocenters. The lowest BCUT2D eigenvalue weighted by molar-refractivity contribution is -0.130. The van der Waals surface area contributed by atoms with Crippen LogP contribution < -0.4 is 5.73 Å². The van der Waals surface area contributed by atoms with E-state index < -0.39 is 9.84 Å². The van der Waals surface area contributed by atoms with Gasteiger partial charge in [0.1, 0.15) is 0 Å². The zero-order chi connectivity index (χ0) is 15.0. The van der Waals surface area contributed by atoms with Gasteiger partial charge in [-0.25, -0.2) is 8.42 Å². The number of halogens is 1. The van der Waals surface area contributed by atoms with E-state index in [9.17, 15) is 13.2 Å². The molecule has 5 nitrogen and oxygen atoms in total. The van der Waals surface area contributed by atoms with Crippen LogP contribution in [0.4, 0.5) is 0 Å². The van der Waals surface area contributed by atoms with E-state index in [1.54, 1.807) is 0 Å². The van der Waals surface area contributed by atoms with Gasteiger partial charge in [-0.3, -0.25) is 4.79 Å². The first-order chi connectivity index (χ1) is 9.97. The molecule has 0 bridgehead atoms. The van der Waals surface area contributed by atoms with Crippen molar-refractivity contribution in [1.82, 2.24) is 4.90 Å². The van der Waals surface area contributed by atoms with Crippen molar-refractivity contribution >= 4 is 28.2 Å². The molecule has 1 heterocycles. The second kappa shape index (κ2) is 7.05. The maximum atomic E-state index is 12.3. The van der Waals surface area contributed by atoms with Gasteiger partial charge in [0.15, 0.2) is 9.84 Å². The Kier molecular flexibility index (Phi) is 5.78. The lowest BCUT2D eigenvalue weighted by atomic mass is 9.98. The normalized spacial score (nSPS) is 32.0. The van der Waals surface area contributed by atoms with Crippen LogP contribution in [0.2, 0.25) is 0 Å². The summed E-state index contributed by atoms with van der Waals surface area (Å²) in [6.07, 6.45) is 5.88. The molecule has 1 amide bonds. The quantitative estimate of drug-likeness (QED) is 0.829. The highest BCUT2D eigenvalue weighted by Crippen LogP contribution is 2.37. The second-order valence-electron chi connectivity index (χ2n) is 6.99. The molecule has 7 heteroatoms. The number of carbonyl (C=O) groups excluding carboxylic acids is 1. The molecular weight excluding hydrogens is 324 g/mol. The number of hydrogen-bond acceptors (Lipinski definition) is 4. The third kappa shape index (κ3) is 3.60. The Labute approximate surface area is 139 Å². The number of carbonyl (C=O) groups is 1.